The Kier molecular flexibility index (Phi) is 7.31. The van der Waals surface area contributed by atoms with E-state index >= 15 is 0 Å². The van der Waals surface area contributed by atoms with Crippen LogP contribution in [0.3, 0.4) is 0 Å². The molecule has 3 N–H and O–H groups in total. The van der Waals surface area contributed by atoms with E-state index in [2.05, 4.69) is 26.1 Å². The third-order valence-electron chi connectivity index (χ3n) is 4.40. The molecule has 0 aliphatic heterocycles. The molecule has 0 aliphatic carbocycles. The third kappa shape index (κ3) is 5.86. The minimum Gasteiger partial charge on any atom is -0.353 e. The fraction of sp³-hybridized carbons (Fsp3) is 0.150. The average molecular weight is 495 g/mol. The van der Waals surface area contributed by atoms with Gasteiger partial charge in [-0.05, 0) is 24.3 Å². The molecule has 3 aromatic rings. The van der Waals surface area contributed by atoms with Gasteiger partial charge in [0.15, 0.2) is 0 Å². The highest BCUT2D eigenvalue weighted by Gasteiger charge is 2.21. The van der Waals surface area contributed by atoms with E-state index in [-0.39, 0.29) is 27.8 Å². The maximum absolute atomic E-state index is 13.1. The number of pyridine rings is 2. The molecular formula is C20H20ClFN6O4S. The molecule has 0 unspecified atom stereocenters. The molecular weight excluding hydrogens is 475 g/mol. The lowest BCUT2D eigenvalue weighted by atomic mass is 10.2. The van der Waals surface area contributed by atoms with Gasteiger partial charge in [-0.15, -0.1) is 0 Å². The maximum atomic E-state index is 13.1. The van der Waals surface area contributed by atoms with Crippen LogP contribution < -0.4 is 20.4 Å². The standard InChI is InChI=1S/C20H20ClFN6O4S/c1-28(33(3,30)31)19-14(21)5-4-6-15(19)25-16-9-18(24-11-13(16)20(29)27-32-2)26-17-8-7-12(22)10-23-17/h4-11H,1-3H3,(H,27,29)(H2,23,24,25,26). The second-order valence-corrected chi connectivity index (χ2v) is 9.15. The molecule has 13 heteroatoms. The van der Waals surface area contributed by atoms with Gasteiger partial charge < -0.3 is 10.6 Å². The van der Waals surface area contributed by atoms with E-state index in [9.17, 15) is 17.6 Å². The Bertz CT molecular complexity index is 1270. The van der Waals surface area contributed by atoms with E-state index in [0.29, 0.717) is 11.5 Å². The number of carbonyl (C=O) groups excluding carboxylic acids is 1. The minimum absolute atomic E-state index is 0.0994. The fourth-order valence-corrected chi connectivity index (χ4v) is 3.66. The van der Waals surface area contributed by atoms with Crippen LogP contribution in [0.1, 0.15) is 10.4 Å². The van der Waals surface area contributed by atoms with Crippen molar-refractivity contribution >= 4 is 56.2 Å². The van der Waals surface area contributed by atoms with Crippen LogP contribution in [0.4, 0.5) is 33.1 Å². The highest BCUT2D eigenvalue weighted by atomic mass is 35.5. The van der Waals surface area contributed by atoms with Crippen molar-refractivity contribution in [3.05, 3.63) is 65.2 Å². The lowest BCUT2D eigenvalue weighted by Crippen LogP contribution is -2.26. The first-order valence-electron chi connectivity index (χ1n) is 9.31. The number of nitrogens with one attached hydrogen (secondary N) is 3. The lowest BCUT2D eigenvalue weighted by molar-refractivity contribution is 0.0538. The van der Waals surface area contributed by atoms with Crippen LogP contribution >= 0.6 is 11.6 Å². The molecule has 33 heavy (non-hydrogen) atoms. The van der Waals surface area contributed by atoms with Crippen LogP contribution in [0.25, 0.3) is 0 Å². The van der Waals surface area contributed by atoms with E-state index in [1.807, 2.05) is 0 Å². The summed E-state index contributed by atoms with van der Waals surface area (Å²) in [7, 11) is -0.991. The molecule has 0 bridgehead atoms. The summed E-state index contributed by atoms with van der Waals surface area (Å²) >= 11 is 6.29. The highest BCUT2D eigenvalue weighted by molar-refractivity contribution is 7.92. The number of para-hydroxylation sites is 1. The van der Waals surface area contributed by atoms with Crippen LogP contribution in [0.5, 0.6) is 0 Å². The molecule has 0 atom stereocenters. The Morgan fingerprint density at radius 1 is 1.09 bits per heavy atom. The number of halogens is 2. The number of amides is 1. The molecule has 0 spiro atoms. The van der Waals surface area contributed by atoms with E-state index in [0.717, 1.165) is 16.8 Å². The summed E-state index contributed by atoms with van der Waals surface area (Å²) in [5.74, 6) is -0.486. The Balaban J connectivity index is 2.06. The Labute approximate surface area is 194 Å². The van der Waals surface area contributed by atoms with E-state index in [1.165, 1.54) is 38.6 Å². The molecule has 3 rings (SSSR count). The number of hydrogen-bond donors (Lipinski definition) is 3. The Morgan fingerprint density at radius 3 is 2.45 bits per heavy atom. The van der Waals surface area contributed by atoms with Crippen molar-refractivity contribution < 1.29 is 22.4 Å². The van der Waals surface area contributed by atoms with Gasteiger partial charge in [-0.2, -0.15) is 0 Å². The number of benzene rings is 1. The average Bonchev–Trinajstić information content (AvgIpc) is 2.75. The largest absolute Gasteiger partial charge is 0.353 e. The van der Waals surface area contributed by atoms with Crippen LogP contribution in [0.15, 0.2) is 48.8 Å². The van der Waals surface area contributed by atoms with Crippen LogP contribution in [-0.4, -0.2) is 44.7 Å². The van der Waals surface area contributed by atoms with Crippen molar-refractivity contribution in [2.75, 3.05) is 35.4 Å². The SMILES string of the molecule is CONC(=O)c1cnc(Nc2ccc(F)cn2)cc1Nc1cccc(Cl)c1N(C)S(C)(=O)=O. The van der Waals surface area contributed by atoms with Crippen molar-refractivity contribution in [2.24, 2.45) is 0 Å². The predicted molar refractivity (Wildman–Crippen MR) is 124 cm³/mol. The van der Waals surface area contributed by atoms with Gasteiger partial charge >= 0.3 is 0 Å². The summed E-state index contributed by atoms with van der Waals surface area (Å²) in [6, 6.07) is 8.93. The number of sulfonamides is 1. The lowest BCUT2D eigenvalue weighted by Gasteiger charge is -2.23. The number of anilines is 5. The predicted octanol–water partition coefficient (Wildman–Crippen LogP) is 3.44. The maximum Gasteiger partial charge on any atom is 0.278 e. The first kappa shape index (κ1) is 24.2. The van der Waals surface area contributed by atoms with Gasteiger partial charge in [-0.3, -0.25) is 13.9 Å². The van der Waals surface area contributed by atoms with Crippen molar-refractivity contribution in [2.45, 2.75) is 0 Å². The molecule has 2 aromatic heterocycles. The summed E-state index contributed by atoms with van der Waals surface area (Å²) in [5, 5.41) is 6.13. The van der Waals surface area contributed by atoms with Gasteiger partial charge in [0, 0.05) is 19.3 Å². The summed E-state index contributed by atoms with van der Waals surface area (Å²) in [5.41, 5.74) is 3.07. The monoisotopic (exact) mass is 494 g/mol. The van der Waals surface area contributed by atoms with Gasteiger partial charge in [0.1, 0.15) is 17.5 Å². The molecule has 2 heterocycles. The van der Waals surface area contributed by atoms with Crippen LogP contribution in [-0.2, 0) is 14.9 Å². The molecule has 0 aliphatic rings. The zero-order valence-electron chi connectivity index (χ0n) is 17.8. The van der Waals surface area contributed by atoms with Gasteiger partial charge in [-0.1, -0.05) is 17.7 Å². The molecule has 174 valence electrons. The zero-order chi connectivity index (χ0) is 24.2. The molecule has 10 nitrogen and oxygen atoms in total. The molecule has 0 saturated heterocycles. The number of hydroxylamine groups is 1. The molecule has 0 saturated carbocycles. The van der Waals surface area contributed by atoms with Crippen molar-refractivity contribution in [3.63, 3.8) is 0 Å². The zero-order valence-corrected chi connectivity index (χ0v) is 19.3. The second kappa shape index (κ2) is 9.98. The summed E-state index contributed by atoms with van der Waals surface area (Å²) < 4.78 is 38.4. The number of aromatic nitrogens is 2. The molecule has 1 amide bonds. The summed E-state index contributed by atoms with van der Waals surface area (Å²) in [6.07, 6.45) is 3.37. The van der Waals surface area contributed by atoms with E-state index in [4.69, 9.17) is 16.4 Å². The quantitative estimate of drug-likeness (QED) is 0.406. The fourth-order valence-electron chi connectivity index (χ4n) is 2.78. The second-order valence-electron chi connectivity index (χ2n) is 6.73. The number of rotatable bonds is 8. The Morgan fingerprint density at radius 2 is 1.82 bits per heavy atom. The number of carbonyl (C=O) groups is 1. The van der Waals surface area contributed by atoms with Crippen LogP contribution in [0.2, 0.25) is 5.02 Å². The smallest absolute Gasteiger partial charge is 0.278 e. The molecule has 0 radical (unpaired) electrons. The van der Waals surface area contributed by atoms with E-state index in [1.54, 1.807) is 18.2 Å². The number of hydrogen-bond acceptors (Lipinski definition) is 8. The minimum atomic E-state index is -3.63. The van der Waals surface area contributed by atoms with Gasteiger partial charge in [0.25, 0.3) is 5.91 Å². The van der Waals surface area contributed by atoms with Crippen LogP contribution in [0, 0.1) is 5.82 Å². The summed E-state index contributed by atoms with van der Waals surface area (Å²) in [6.45, 7) is 0. The van der Waals surface area contributed by atoms with Gasteiger partial charge in [0.2, 0.25) is 10.0 Å². The first-order valence-corrected chi connectivity index (χ1v) is 11.5. The van der Waals surface area contributed by atoms with Crippen molar-refractivity contribution in [1.29, 1.82) is 0 Å². The van der Waals surface area contributed by atoms with Gasteiger partial charge in [-0.25, -0.2) is 28.3 Å². The number of nitrogens with zero attached hydrogens (tertiary/aromatic N) is 3. The van der Waals surface area contributed by atoms with Gasteiger partial charge in [0.05, 0.1) is 47.2 Å². The highest BCUT2D eigenvalue weighted by Crippen LogP contribution is 2.37. The molecule has 0 fully saturated rings. The Hall–Kier alpha value is -3.48. The normalized spacial score (nSPS) is 11.1. The molecule has 1 aromatic carbocycles. The van der Waals surface area contributed by atoms with Crippen molar-refractivity contribution in [1.82, 2.24) is 15.4 Å². The van der Waals surface area contributed by atoms with E-state index < -0.39 is 21.7 Å². The topological polar surface area (TPSA) is 126 Å². The third-order valence-corrected chi connectivity index (χ3v) is 5.88. The summed E-state index contributed by atoms with van der Waals surface area (Å²) in [4.78, 5) is 25.3. The van der Waals surface area contributed by atoms with Crippen molar-refractivity contribution in [3.8, 4) is 0 Å². The first-order chi connectivity index (χ1) is 15.6.